The van der Waals surface area contributed by atoms with Gasteiger partial charge in [0.05, 0.1) is 11.1 Å². The molecule has 2 atom stereocenters. The molecule has 96 valence electrons. The Bertz CT molecular complexity index is 355. The van der Waals surface area contributed by atoms with Crippen LogP contribution in [0.2, 0.25) is 5.02 Å². The van der Waals surface area contributed by atoms with Gasteiger partial charge >= 0.3 is 0 Å². The first kappa shape index (κ1) is 14.3. The van der Waals surface area contributed by atoms with E-state index in [2.05, 4.69) is 0 Å². The van der Waals surface area contributed by atoms with Crippen LogP contribution in [0, 0.1) is 0 Å². The fourth-order valence-electron chi connectivity index (χ4n) is 1.49. The van der Waals surface area contributed by atoms with Crippen LogP contribution in [0.15, 0.2) is 18.2 Å². The fourth-order valence-corrected chi connectivity index (χ4v) is 1.74. The summed E-state index contributed by atoms with van der Waals surface area (Å²) < 4.78 is 10.8. The minimum atomic E-state index is 0.0365. The number of nitrogens with two attached hydrogens (primary N) is 1. The molecule has 1 aromatic carbocycles. The molecule has 0 radical (unpaired) electrons. The molecule has 0 aliphatic rings. The van der Waals surface area contributed by atoms with Crippen LogP contribution in [-0.4, -0.2) is 25.9 Å². The summed E-state index contributed by atoms with van der Waals surface area (Å²) in [7, 11) is 1.66. The van der Waals surface area contributed by atoms with Crippen LogP contribution in [0.3, 0.4) is 0 Å². The van der Waals surface area contributed by atoms with Crippen LogP contribution in [-0.2, 0) is 11.2 Å². The smallest absolute Gasteiger partial charge is 0.141 e. The van der Waals surface area contributed by atoms with Gasteiger partial charge in [0.1, 0.15) is 12.4 Å². The van der Waals surface area contributed by atoms with Crippen LogP contribution < -0.4 is 10.5 Å². The Labute approximate surface area is 108 Å². The largest absolute Gasteiger partial charge is 0.489 e. The maximum Gasteiger partial charge on any atom is 0.141 e. The van der Waals surface area contributed by atoms with Gasteiger partial charge in [-0.15, -0.1) is 0 Å². The van der Waals surface area contributed by atoms with E-state index in [0.717, 1.165) is 17.7 Å². The molecule has 2 unspecified atom stereocenters. The molecule has 0 amide bonds. The number of hydrogen-bond acceptors (Lipinski definition) is 3. The molecule has 3 nitrogen and oxygen atoms in total. The Hall–Kier alpha value is -0.770. The summed E-state index contributed by atoms with van der Waals surface area (Å²) in [5.74, 6) is 0.718. The number of hydrogen-bond donors (Lipinski definition) is 1. The van der Waals surface area contributed by atoms with E-state index in [1.807, 2.05) is 32.0 Å². The van der Waals surface area contributed by atoms with E-state index >= 15 is 0 Å². The van der Waals surface area contributed by atoms with E-state index in [-0.39, 0.29) is 12.1 Å². The summed E-state index contributed by atoms with van der Waals surface area (Å²) in [5, 5.41) is 0.617. The Morgan fingerprint density at radius 1 is 1.35 bits per heavy atom. The third kappa shape index (κ3) is 4.54. The quantitative estimate of drug-likeness (QED) is 0.852. The minimum Gasteiger partial charge on any atom is -0.489 e. The van der Waals surface area contributed by atoms with Crippen molar-refractivity contribution >= 4 is 11.6 Å². The van der Waals surface area contributed by atoms with Crippen molar-refractivity contribution in [2.24, 2.45) is 5.73 Å². The van der Waals surface area contributed by atoms with E-state index in [1.54, 1.807) is 7.11 Å². The zero-order chi connectivity index (χ0) is 12.8. The van der Waals surface area contributed by atoms with E-state index in [0.29, 0.717) is 11.6 Å². The summed E-state index contributed by atoms with van der Waals surface area (Å²) in [6.45, 7) is 4.39. The van der Waals surface area contributed by atoms with Gasteiger partial charge in [-0.2, -0.15) is 0 Å². The summed E-state index contributed by atoms with van der Waals surface area (Å²) in [4.78, 5) is 0. The molecule has 0 heterocycles. The van der Waals surface area contributed by atoms with Crippen LogP contribution >= 0.6 is 11.6 Å². The maximum absolute atomic E-state index is 6.13. The number of halogens is 1. The Balaban J connectivity index is 2.80. The lowest BCUT2D eigenvalue weighted by Gasteiger charge is -2.16. The molecule has 1 aromatic rings. The first-order chi connectivity index (χ1) is 8.04. The SMILES string of the molecule is COC(C)COc1c(Cl)cccc1CC(C)N. The molecule has 0 spiro atoms. The van der Waals surface area contributed by atoms with Crippen molar-refractivity contribution in [3.05, 3.63) is 28.8 Å². The van der Waals surface area contributed by atoms with Gasteiger partial charge in [0.25, 0.3) is 0 Å². The average Bonchev–Trinajstić information content (AvgIpc) is 2.27. The highest BCUT2D eigenvalue weighted by atomic mass is 35.5. The highest BCUT2D eigenvalue weighted by Crippen LogP contribution is 2.29. The first-order valence-corrected chi connectivity index (χ1v) is 6.11. The monoisotopic (exact) mass is 257 g/mol. The molecule has 0 bridgehead atoms. The fraction of sp³-hybridized carbons (Fsp3) is 0.538. The molecule has 0 fully saturated rings. The van der Waals surface area contributed by atoms with Gasteiger partial charge in [-0.3, -0.25) is 0 Å². The normalized spacial score (nSPS) is 14.4. The maximum atomic E-state index is 6.13. The highest BCUT2D eigenvalue weighted by molar-refractivity contribution is 6.32. The molecule has 0 aliphatic carbocycles. The molecule has 4 heteroatoms. The second-order valence-corrected chi connectivity index (χ2v) is 4.67. The van der Waals surface area contributed by atoms with Gasteiger partial charge in [0.2, 0.25) is 0 Å². The van der Waals surface area contributed by atoms with Crippen molar-refractivity contribution in [1.82, 2.24) is 0 Å². The zero-order valence-electron chi connectivity index (χ0n) is 10.6. The molecule has 2 N–H and O–H groups in total. The van der Waals surface area contributed by atoms with Crippen LogP contribution in [0.4, 0.5) is 0 Å². The van der Waals surface area contributed by atoms with Gasteiger partial charge in [-0.25, -0.2) is 0 Å². The molecule has 0 saturated heterocycles. The first-order valence-electron chi connectivity index (χ1n) is 5.73. The van der Waals surface area contributed by atoms with Crippen molar-refractivity contribution < 1.29 is 9.47 Å². The third-order valence-electron chi connectivity index (χ3n) is 2.46. The molecule has 1 rings (SSSR count). The van der Waals surface area contributed by atoms with Crippen LogP contribution in [0.1, 0.15) is 19.4 Å². The lowest BCUT2D eigenvalue weighted by atomic mass is 10.1. The minimum absolute atomic E-state index is 0.0365. The number of para-hydroxylation sites is 1. The Kier molecular flexibility index (Phi) is 5.75. The van der Waals surface area contributed by atoms with Crippen LogP contribution in [0.25, 0.3) is 0 Å². The Morgan fingerprint density at radius 2 is 2.06 bits per heavy atom. The highest BCUT2D eigenvalue weighted by Gasteiger charge is 2.11. The lowest BCUT2D eigenvalue weighted by Crippen LogP contribution is -2.20. The topological polar surface area (TPSA) is 44.5 Å². The van der Waals surface area contributed by atoms with Crippen molar-refractivity contribution in [3.8, 4) is 5.75 Å². The summed E-state index contributed by atoms with van der Waals surface area (Å²) >= 11 is 6.13. The predicted molar refractivity (Wildman–Crippen MR) is 70.8 cm³/mol. The molecule has 0 aromatic heterocycles. The number of ether oxygens (including phenoxy) is 2. The number of benzene rings is 1. The lowest BCUT2D eigenvalue weighted by molar-refractivity contribution is 0.0713. The van der Waals surface area contributed by atoms with Crippen molar-refractivity contribution in [2.45, 2.75) is 32.4 Å². The van der Waals surface area contributed by atoms with Gasteiger partial charge in [-0.1, -0.05) is 23.7 Å². The van der Waals surface area contributed by atoms with Gasteiger partial charge in [0, 0.05) is 13.2 Å². The standard InChI is InChI=1S/C13H20ClNO2/c1-9(15)7-11-5-4-6-12(14)13(11)17-8-10(2)16-3/h4-6,9-10H,7-8,15H2,1-3H3. The second kappa shape index (κ2) is 6.84. The van der Waals surface area contributed by atoms with Crippen molar-refractivity contribution in [2.75, 3.05) is 13.7 Å². The number of rotatable bonds is 6. The third-order valence-corrected chi connectivity index (χ3v) is 2.75. The van der Waals surface area contributed by atoms with Gasteiger partial charge in [-0.05, 0) is 31.9 Å². The van der Waals surface area contributed by atoms with E-state index in [9.17, 15) is 0 Å². The second-order valence-electron chi connectivity index (χ2n) is 4.27. The molecular formula is C13H20ClNO2. The zero-order valence-corrected chi connectivity index (χ0v) is 11.3. The van der Waals surface area contributed by atoms with E-state index < -0.39 is 0 Å². The molecule has 0 saturated carbocycles. The molecule has 17 heavy (non-hydrogen) atoms. The molecule has 0 aliphatic heterocycles. The summed E-state index contributed by atoms with van der Waals surface area (Å²) in [5.41, 5.74) is 6.84. The van der Waals surface area contributed by atoms with Gasteiger partial charge in [0.15, 0.2) is 0 Å². The van der Waals surface area contributed by atoms with E-state index in [1.165, 1.54) is 0 Å². The number of methoxy groups -OCH3 is 1. The summed E-state index contributed by atoms with van der Waals surface area (Å²) in [6, 6.07) is 5.80. The van der Waals surface area contributed by atoms with E-state index in [4.69, 9.17) is 26.8 Å². The predicted octanol–water partition coefficient (Wildman–Crippen LogP) is 2.64. The summed E-state index contributed by atoms with van der Waals surface area (Å²) in [6.07, 6.45) is 0.784. The van der Waals surface area contributed by atoms with Gasteiger partial charge < -0.3 is 15.2 Å². The van der Waals surface area contributed by atoms with Crippen molar-refractivity contribution in [3.63, 3.8) is 0 Å². The molecular weight excluding hydrogens is 238 g/mol. The average molecular weight is 258 g/mol. The van der Waals surface area contributed by atoms with Crippen molar-refractivity contribution in [1.29, 1.82) is 0 Å². The van der Waals surface area contributed by atoms with Crippen LogP contribution in [0.5, 0.6) is 5.75 Å². The Morgan fingerprint density at radius 3 is 2.65 bits per heavy atom.